The van der Waals surface area contributed by atoms with Crippen molar-refractivity contribution in [1.82, 2.24) is 0 Å². The van der Waals surface area contributed by atoms with E-state index in [1.807, 2.05) is 30.3 Å². The van der Waals surface area contributed by atoms with Crippen molar-refractivity contribution in [3.63, 3.8) is 0 Å². The molecule has 3 heteroatoms. The normalized spacial score (nSPS) is 10.1. The van der Waals surface area contributed by atoms with Crippen LogP contribution in [0.5, 0.6) is 11.5 Å². The van der Waals surface area contributed by atoms with Gasteiger partial charge in [-0.15, -0.1) is 0 Å². The number of hydrogen-bond donors (Lipinski definition) is 0. The van der Waals surface area contributed by atoms with Crippen molar-refractivity contribution < 1.29 is 9.47 Å². The number of hydrogen-bond acceptors (Lipinski definition) is 2. The zero-order valence-electron chi connectivity index (χ0n) is 9.74. The fourth-order valence-corrected chi connectivity index (χ4v) is 2.08. The maximum Gasteiger partial charge on any atom is 0.161 e. The molecule has 2 rings (SSSR count). The zero-order chi connectivity index (χ0) is 12.3. The number of halogens is 1. The minimum atomic E-state index is 0.741. The summed E-state index contributed by atoms with van der Waals surface area (Å²) >= 11 is 3.47. The Kier molecular flexibility index (Phi) is 3.69. The Morgan fingerprint density at radius 2 is 1.53 bits per heavy atom. The summed E-state index contributed by atoms with van der Waals surface area (Å²) in [7, 11) is 3.28. The van der Waals surface area contributed by atoms with Gasteiger partial charge in [-0.25, -0.2) is 0 Å². The quantitative estimate of drug-likeness (QED) is 0.847. The van der Waals surface area contributed by atoms with Crippen molar-refractivity contribution >= 4 is 15.9 Å². The van der Waals surface area contributed by atoms with Crippen LogP contribution >= 0.6 is 15.9 Å². The molecule has 0 fully saturated rings. The maximum absolute atomic E-state index is 5.29. The molecule has 0 aliphatic carbocycles. The molecule has 0 radical (unpaired) electrons. The van der Waals surface area contributed by atoms with Gasteiger partial charge in [-0.05, 0) is 35.4 Å². The Morgan fingerprint density at radius 1 is 0.824 bits per heavy atom. The van der Waals surface area contributed by atoms with Gasteiger partial charge in [-0.3, -0.25) is 0 Å². The maximum atomic E-state index is 5.29. The molecule has 17 heavy (non-hydrogen) atoms. The molecule has 0 amide bonds. The Hall–Kier alpha value is -1.48. The molecular formula is C14H13BrO2. The van der Waals surface area contributed by atoms with Gasteiger partial charge >= 0.3 is 0 Å². The molecule has 0 heterocycles. The Labute approximate surface area is 109 Å². The first-order chi connectivity index (χ1) is 8.24. The lowest BCUT2D eigenvalue weighted by Crippen LogP contribution is -1.90. The van der Waals surface area contributed by atoms with E-state index in [9.17, 15) is 0 Å². The Morgan fingerprint density at radius 3 is 2.18 bits per heavy atom. The number of methoxy groups -OCH3 is 2. The van der Waals surface area contributed by atoms with Gasteiger partial charge in [0, 0.05) is 4.47 Å². The summed E-state index contributed by atoms with van der Waals surface area (Å²) in [6.07, 6.45) is 0. The minimum Gasteiger partial charge on any atom is -0.493 e. The molecule has 0 saturated heterocycles. The second-order valence-electron chi connectivity index (χ2n) is 3.58. The average Bonchev–Trinajstić information content (AvgIpc) is 2.38. The highest BCUT2D eigenvalue weighted by Crippen LogP contribution is 2.32. The van der Waals surface area contributed by atoms with Crippen LogP contribution in [0.15, 0.2) is 46.9 Å². The van der Waals surface area contributed by atoms with Gasteiger partial charge in [0.05, 0.1) is 14.2 Å². The lowest BCUT2D eigenvalue weighted by molar-refractivity contribution is 0.355. The van der Waals surface area contributed by atoms with E-state index in [4.69, 9.17) is 9.47 Å². The summed E-state index contributed by atoms with van der Waals surface area (Å²) in [6, 6.07) is 14.0. The van der Waals surface area contributed by atoms with Gasteiger partial charge in [-0.1, -0.05) is 34.1 Å². The highest BCUT2D eigenvalue weighted by molar-refractivity contribution is 9.10. The molecule has 0 aromatic heterocycles. The smallest absolute Gasteiger partial charge is 0.161 e. The van der Waals surface area contributed by atoms with E-state index in [-0.39, 0.29) is 0 Å². The van der Waals surface area contributed by atoms with E-state index in [2.05, 4.69) is 28.1 Å². The third kappa shape index (κ3) is 2.61. The molecule has 2 aromatic carbocycles. The molecule has 0 spiro atoms. The van der Waals surface area contributed by atoms with Crippen LogP contribution in [0.3, 0.4) is 0 Å². The van der Waals surface area contributed by atoms with E-state index in [1.54, 1.807) is 14.2 Å². The second kappa shape index (κ2) is 5.23. The van der Waals surface area contributed by atoms with Crippen LogP contribution in [0.25, 0.3) is 11.1 Å². The van der Waals surface area contributed by atoms with Gasteiger partial charge in [0.25, 0.3) is 0 Å². The van der Waals surface area contributed by atoms with E-state index >= 15 is 0 Å². The number of rotatable bonds is 3. The number of benzene rings is 2. The van der Waals surface area contributed by atoms with Crippen LogP contribution in [0.1, 0.15) is 0 Å². The van der Waals surface area contributed by atoms with Gasteiger partial charge in [0.15, 0.2) is 11.5 Å². The van der Waals surface area contributed by atoms with E-state index < -0.39 is 0 Å². The van der Waals surface area contributed by atoms with Crippen LogP contribution in [0, 0.1) is 0 Å². The third-order valence-electron chi connectivity index (χ3n) is 2.54. The van der Waals surface area contributed by atoms with E-state index in [0.29, 0.717) is 0 Å². The van der Waals surface area contributed by atoms with Gasteiger partial charge in [0.2, 0.25) is 0 Å². The molecule has 0 bridgehead atoms. The summed E-state index contributed by atoms with van der Waals surface area (Å²) in [4.78, 5) is 0. The molecule has 0 aliphatic rings. The van der Waals surface area contributed by atoms with E-state index in [1.165, 1.54) is 0 Å². The fourth-order valence-electron chi connectivity index (χ4n) is 1.68. The van der Waals surface area contributed by atoms with Crippen LogP contribution in [0.2, 0.25) is 0 Å². The van der Waals surface area contributed by atoms with Crippen LogP contribution in [-0.4, -0.2) is 14.2 Å². The second-order valence-corrected chi connectivity index (χ2v) is 4.50. The standard InChI is InChI=1S/C14H13BrO2/c1-16-13-7-6-11(9-14(13)17-2)10-4-3-5-12(15)8-10/h3-9H,1-2H3. The summed E-state index contributed by atoms with van der Waals surface area (Å²) < 4.78 is 11.6. The SMILES string of the molecule is COc1ccc(-c2cccc(Br)c2)cc1OC. The summed E-state index contributed by atoms with van der Waals surface area (Å²) in [5, 5.41) is 0. The molecule has 0 aliphatic heterocycles. The minimum absolute atomic E-state index is 0.741. The summed E-state index contributed by atoms with van der Waals surface area (Å²) in [5.74, 6) is 1.48. The zero-order valence-corrected chi connectivity index (χ0v) is 11.3. The number of ether oxygens (including phenoxy) is 2. The van der Waals surface area contributed by atoms with Crippen molar-refractivity contribution in [2.75, 3.05) is 14.2 Å². The molecule has 0 unspecified atom stereocenters. The van der Waals surface area contributed by atoms with Crippen LogP contribution in [0.4, 0.5) is 0 Å². The van der Waals surface area contributed by atoms with Crippen molar-refractivity contribution in [3.8, 4) is 22.6 Å². The predicted octanol–water partition coefficient (Wildman–Crippen LogP) is 4.13. The van der Waals surface area contributed by atoms with Gasteiger partial charge < -0.3 is 9.47 Å². The summed E-state index contributed by atoms with van der Waals surface area (Å²) in [5.41, 5.74) is 2.24. The molecule has 0 atom stereocenters. The lowest BCUT2D eigenvalue weighted by Gasteiger charge is -2.09. The van der Waals surface area contributed by atoms with Crippen molar-refractivity contribution in [3.05, 3.63) is 46.9 Å². The Balaban J connectivity index is 2.46. The van der Waals surface area contributed by atoms with Crippen LogP contribution < -0.4 is 9.47 Å². The monoisotopic (exact) mass is 292 g/mol. The summed E-state index contributed by atoms with van der Waals surface area (Å²) in [6.45, 7) is 0. The highest BCUT2D eigenvalue weighted by atomic mass is 79.9. The van der Waals surface area contributed by atoms with Crippen molar-refractivity contribution in [2.24, 2.45) is 0 Å². The van der Waals surface area contributed by atoms with Gasteiger partial charge in [0.1, 0.15) is 0 Å². The lowest BCUT2D eigenvalue weighted by atomic mass is 10.1. The van der Waals surface area contributed by atoms with E-state index in [0.717, 1.165) is 27.1 Å². The first-order valence-electron chi connectivity index (χ1n) is 5.22. The highest BCUT2D eigenvalue weighted by Gasteiger charge is 2.06. The molecule has 2 nitrogen and oxygen atoms in total. The first kappa shape index (κ1) is 12.0. The molecule has 0 N–H and O–H groups in total. The molecular weight excluding hydrogens is 280 g/mol. The fraction of sp³-hybridized carbons (Fsp3) is 0.143. The average molecular weight is 293 g/mol. The van der Waals surface area contributed by atoms with Crippen LogP contribution in [-0.2, 0) is 0 Å². The first-order valence-corrected chi connectivity index (χ1v) is 6.02. The Bertz CT molecular complexity index is 523. The van der Waals surface area contributed by atoms with Crippen molar-refractivity contribution in [2.45, 2.75) is 0 Å². The third-order valence-corrected chi connectivity index (χ3v) is 3.03. The molecule has 2 aromatic rings. The predicted molar refractivity (Wildman–Crippen MR) is 72.7 cm³/mol. The molecule has 88 valence electrons. The largest absolute Gasteiger partial charge is 0.493 e. The topological polar surface area (TPSA) is 18.5 Å². The van der Waals surface area contributed by atoms with Gasteiger partial charge in [-0.2, -0.15) is 0 Å². The van der Waals surface area contributed by atoms with Crippen molar-refractivity contribution in [1.29, 1.82) is 0 Å². The molecule has 0 saturated carbocycles.